The molecule has 1 atom stereocenters. The molecule has 678 valence electrons. The summed E-state index contributed by atoms with van der Waals surface area (Å²) in [5.41, 5.74) is 8.22. The molecule has 0 saturated carbocycles. The highest BCUT2D eigenvalue weighted by atomic mass is 79.9. The maximum Gasteiger partial charge on any atom is 0.261 e. The molecule has 33 heteroatoms. The number of benzene rings is 13. The van der Waals surface area contributed by atoms with Gasteiger partial charge < -0.3 is 14.4 Å². The summed E-state index contributed by atoms with van der Waals surface area (Å²) in [4.78, 5) is 74.9. The standard InChI is InChI=1S/C22H21ClN2O2S.C20H16BrNO3S.C20H16ClNO3S.C19H15ClN2O4S.C19H15ClN2O3S/c1-25(2)18-10-12-19(13-11-18)28(3,27)24-21-14-9-17(23)15-20(21)22(26)16-7-5-4-6-8-16;2*1-14-7-10-17(11-8-14)26(24,25)22-19-12-9-16(21)13-18(19)20(23)15-5-3-2-4-6-15;1-26-15-5-7-16(8-6-15)27(24,25)22-18-9-4-14(20)11-17(18)19(23)13-3-2-10-21-12-13;1-13-4-7-16(8-5-13)26(24,25)22-18-9-6-15(20)11-17(18)19(23)14-3-2-10-21-12-14/h4-15H,3H2,1-2H3,(H,24,27);2*2-13,22H,1H3;2-12,22H,1H3;2-12,22H,1H3. The van der Waals surface area contributed by atoms with Crippen molar-refractivity contribution < 1.29 is 66.6 Å². The Labute approximate surface area is 800 Å². The molecule has 0 spiro atoms. The summed E-state index contributed by atoms with van der Waals surface area (Å²) in [5.74, 6) is 2.86. The van der Waals surface area contributed by atoms with Gasteiger partial charge in [-0.2, -0.15) is 0 Å². The first-order valence-electron chi connectivity index (χ1n) is 39.8. The van der Waals surface area contributed by atoms with Crippen LogP contribution in [0, 0.1) is 20.8 Å². The Kier molecular flexibility index (Phi) is 34.0. The van der Waals surface area contributed by atoms with E-state index in [0.29, 0.717) is 74.3 Å². The topological polar surface area (TPSA) is 337 Å². The van der Waals surface area contributed by atoms with Crippen molar-refractivity contribution in [1.29, 1.82) is 0 Å². The molecule has 5 N–H and O–H groups in total. The SMILES string of the molecule is C=S(=O)(Nc1ccc(Cl)cc1C(=O)c1ccccc1)c1ccc(N(C)C)cc1.COc1ccc(S(=O)(=O)Nc2ccc(Cl)cc2C(=O)c2cccnc2)cc1.Cc1ccc(S(=O)(=O)Nc2ccc(Br)cc2C(=O)c2ccccc2)cc1.Cc1ccc(S(=O)(=O)Nc2ccc(Cl)cc2C(=O)c2ccccc2)cc1.Cc1ccc(S(=O)(=O)Nc2ccc(Cl)cc2C(=O)c2cccnc2)cc1. The molecule has 0 bridgehead atoms. The zero-order chi connectivity index (χ0) is 96.0. The number of nitrogens with one attached hydrogen (secondary N) is 5. The molecule has 2 aromatic heterocycles. The average Bonchev–Trinajstić information content (AvgIpc) is 0.829. The first kappa shape index (κ1) is 100. The fourth-order valence-electron chi connectivity index (χ4n) is 12.4. The van der Waals surface area contributed by atoms with E-state index < -0.39 is 55.6 Å². The van der Waals surface area contributed by atoms with Crippen molar-refractivity contribution in [1.82, 2.24) is 9.97 Å². The van der Waals surface area contributed by atoms with Gasteiger partial charge in [0.05, 0.1) is 64.8 Å². The van der Waals surface area contributed by atoms with Gasteiger partial charge in [0.1, 0.15) is 5.75 Å². The number of pyridine rings is 2. The van der Waals surface area contributed by atoms with Gasteiger partial charge in [0.15, 0.2) is 28.9 Å². The number of halogens is 5. The van der Waals surface area contributed by atoms with Crippen LogP contribution in [0.5, 0.6) is 5.75 Å². The third-order valence-electron chi connectivity index (χ3n) is 19.4. The van der Waals surface area contributed by atoms with Crippen molar-refractivity contribution >= 4 is 181 Å². The number of aryl methyl sites for hydroxylation is 3. The van der Waals surface area contributed by atoms with Gasteiger partial charge in [0.25, 0.3) is 40.1 Å². The van der Waals surface area contributed by atoms with Crippen molar-refractivity contribution in [2.24, 2.45) is 0 Å². The third kappa shape index (κ3) is 27.4. The molecular formula is C100H83BrCl4N8O15S5. The quantitative estimate of drug-likeness (QED) is 0.0236. The summed E-state index contributed by atoms with van der Waals surface area (Å²) in [7, 11) is -12.9. The minimum Gasteiger partial charge on any atom is -0.497 e. The molecule has 0 aliphatic heterocycles. The highest BCUT2D eigenvalue weighted by molar-refractivity contribution is 9.10. The molecular weight excluding hydrogens is 1940 g/mol. The lowest BCUT2D eigenvalue weighted by atomic mass is 10.0. The molecule has 0 saturated heterocycles. The predicted octanol–water partition coefficient (Wildman–Crippen LogP) is 22.1. The van der Waals surface area contributed by atoms with E-state index in [1.54, 1.807) is 200 Å². The van der Waals surface area contributed by atoms with E-state index >= 15 is 0 Å². The lowest BCUT2D eigenvalue weighted by molar-refractivity contribution is 0.103. The molecule has 2 heterocycles. The second-order valence-electron chi connectivity index (χ2n) is 29.4. The Morgan fingerprint density at radius 2 is 0.571 bits per heavy atom. The average molecular weight is 2020 g/mol. The van der Waals surface area contributed by atoms with Gasteiger partial charge in [-0.05, 0) is 227 Å². The van der Waals surface area contributed by atoms with Gasteiger partial charge in [-0.25, -0.2) is 37.9 Å². The van der Waals surface area contributed by atoms with Crippen molar-refractivity contribution in [2.45, 2.75) is 45.2 Å². The van der Waals surface area contributed by atoms with Crippen LogP contribution in [0.4, 0.5) is 34.1 Å². The number of nitrogens with zero attached hydrogens (tertiary/aromatic N) is 3. The highest BCUT2D eigenvalue weighted by Gasteiger charge is 2.27. The van der Waals surface area contributed by atoms with Crippen molar-refractivity contribution in [3.63, 3.8) is 0 Å². The molecule has 0 aliphatic rings. The molecule has 0 amide bonds. The largest absolute Gasteiger partial charge is 0.497 e. The van der Waals surface area contributed by atoms with Crippen LogP contribution in [0.15, 0.2) is 381 Å². The number of rotatable bonds is 27. The van der Waals surface area contributed by atoms with E-state index in [1.807, 2.05) is 64.0 Å². The molecule has 133 heavy (non-hydrogen) atoms. The summed E-state index contributed by atoms with van der Waals surface area (Å²) in [5, 5.41) is 1.42. The molecule has 1 unspecified atom stereocenters. The number of sulfonamides is 4. The number of methoxy groups -OCH3 is 1. The van der Waals surface area contributed by atoms with Crippen LogP contribution < -0.4 is 33.2 Å². The number of carbonyl (C=O) groups excluding carboxylic acids is 5. The third-order valence-corrected chi connectivity index (χ3v) is 28.0. The molecule has 0 aliphatic carbocycles. The maximum absolute atomic E-state index is 13.3. The smallest absolute Gasteiger partial charge is 0.261 e. The highest BCUT2D eigenvalue weighted by Crippen LogP contribution is 2.34. The number of ether oxygens (including phenoxy) is 1. The normalized spacial score (nSPS) is 11.5. The monoisotopic (exact) mass is 2010 g/mol. The Balaban J connectivity index is 0.000000160. The van der Waals surface area contributed by atoms with Gasteiger partial charge in [-0.1, -0.05) is 206 Å². The van der Waals surface area contributed by atoms with E-state index in [4.69, 9.17) is 51.1 Å². The first-order chi connectivity index (χ1) is 63.3. The zero-order valence-electron chi connectivity index (χ0n) is 71.6. The Morgan fingerprint density at radius 3 is 0.850 bits per heavy atom. The van der Waals surface area contributed by atoms with Gasteiger partial charge in [-0.3, -0.25) is 52.8 Å². The number of ketones is 5. The summed E-state index contributed by atoms with van der Waals surface area (Å²) in [6, 6.07) is 88.4. The van der Waals surface area contributed by atoms with E-state index in [-0.39, 0.29) is 87.7 Å². The van der Waals surface area contributed by atoms with Crippen LogP contribution in [-0.2, 0) is 49.8 Å². The summed E-state index contributed by atoms with van der Waals surface area (Å²) < 4.78 is 133. The number of hydrogen-bond donors (Lipinski definition) is 5. The van der Waals surface area contributed by atoms with Crippen molar-refractivity contribution in [3.05, 3.63) is 449 Å². The molecule has 15 rings (SSSR count). The number of hydrogen-bond acceptors (Lipinski definition) is 18. The second kappa shape index (κ2) is 45.1. The van der Waals surface area contributed by atoms with E-state index in [9.17, 15) is 61.9 Å². The van der Waals surface area contributed by atoms with Crippen LogP contribution in [0.25, 0.3) is 0 Å². The zero-order valence-corrected chi connectivity index (χ0v) is 80.3. The van der Waals surface area contributed by atoms with E-state index in [0.717, 1.165) is 22.4 Å². The fraction of sp³-hybridized carbons (Fsp3) is 0.0600. The predicted molar refractivity (Wildman–Crippen MR) is 533 cm³/mol. The van der Waals surface area contributed by atoms with Crippen molar-refractivity contribution in [3.8, 4) is 5.75 Å². The first-order valence-corrected chi connectivity index (χ1v) is 49.8. The Bertz CT molecular complexity index is 6940. The van der Waals surface area contributed by atoms with E-state index in [1.165, 1.54) is 135 Å². The lowest BCUT2D eigenvalue weighted by Gasteiger charge is -2.18. The van der Waals surface area contributed by atoms with Crippen LogP contribution in [0.1, 0.15) is 96.3 Å². The van der Waals surface area contributed by atoms with Gasteiger partial charge >= 0.3 is 0 Å². The summed E-state index contributed by atoms with van der Waals surface area (Å²) in [6.45, 7) is 5.63. The van der Waals surface area contributed by atoms with Crippen LogP contribution in [0.2, 0.25) is 20.1 Å². The number of anilines is 6. The van der Waals surface area contributed by atoms with Gasteiger partial charge in [0, 0.05) is 130 Å². The van der Waals surface area contributed by atoms with Crippen LogP contribution in [-0.4, -0.2) is 104 Å². The fourth-order valence-corrected chi connectivity index (χ4v) is 19.0. The lowest BCUT2D eigenvalue weighted by Crippen LogP contribution is -2.16. The van der Waals surface area contributed by atoms with E-state index in [2.05, 4.69) is 55.4 Å². The number of carbonyl (C=O) groups is 5. The summed E-state index contributed by atoms with van der Waals surface area (Å²) in [6.07, 6.45) is 5.92. The summed E-state index contributed by atoms with van der Waals surface area (Å²) >= 11 is 27.5. The molecule has 15 aromatic rings. The van der Waals surface area contributed by atoms with Crippen LogP contribution in [0.3, 0.4) is 0 Å². The molecule has 23 nitrogen and oxygen atoms in total. The minimum absolute atomic E-state index is 0.0398. The van der Waals surface area contributed by atoms with Gasteiger partial charge in [-0.15, -0.1) is 0 Å². The Morgan fingerprint density at radius 1 is 0.316 bits per heavy atom. The van der Waals surface area contributed by atoms with Crippen molar-refractivity contribution in [2.75, 3.05) is 49.7 Å². The van der Waals surface area contributed by atoms with Crippen LogP contribution >= 0.6 is 62.3 Å². The molecule has 0 fully saturated rings. The maximum atomic E-state index is 13.3. The molecule has 13 aromatic carbocycles. The second-order valence-corrected chi connectivity index (χ2v) is 40.8. The molecule has 0 radical (unpaired) electrons. The Hall–Kier alpha value is -13.4. The number of aromatic nitrogens is 2. The van der Waals surface area contributed by atoms with Gasteiger partial charge in [0.2, 0.25) is 0 Å². The minimum atomic E-state index is -3.91.